The number of hydrogen-bond acceptors (Lipinski definition) is 12. The van der Waals surface area contributed by atoms with Crippen molar-refractivity contribution in [3.8, 4) is 79.4 Å². The van der Waals surface area contributed by atoms with E-state index < -0.39 is 24.7 Å². The number of phenolic OH excluding ortho intramolecular Hbond substituents is 2. The molecule has 486 valence electrons. The van der Waals surface area contributed by atoms with Crippen LogP contribution in [0.1, 0.15) is 66.5 Å². The summed E-state index contributed by atoms with van der Waals surface area (Å²) in [5.41, 5.74) is 3.33. The maximum Gasteiger partial charge on any atom is 0.260 e. The molecular formula is C78H82N4O12. The van der Waals surface area contributed by atoms with Gasteiger partial charge in [-0.25, -0.2) is 0 Å². The lowest BCUT2D eigenvalue weighted by Gasteiger charge is -2.27. The summed E-state index contributed by atoms with van der Waals surface area (Å²) in [5, 5.41) is 32.4. The van der Waals surface area contributed by atoms with Crippen LogP contribution in [0, 0.1) is 0 Å². The molecule has 10 aromatic rings. The molecule has 0 atom stereocenters. The third-order valence-corrected chi connectivity index (χ3v) is 17.3. The fraction of sp³-hybridized carbons (Fsp3) is 0.282. The van der Waals surface area contributed by atoms with Crippen molar-refractivity contribution in [2.24, 2.45) is 0 Å². The topological polar surface area (TPSA) is 177 Å². The zero-order chi connectivity index (χ0) is 66.4. The summed E-state index contributed by atoms with van der Waals surface area (Å²) in [6.07, 6.45) is 0. The van der Waals surface area contributed by atoms with Crippen molar-refractivity contribution in [1.82, 2.24) is 19.6 Å². The Morgan fingerprint density at radius 2 is 0.543 bits per heavy atom. The Bertz CT molecular complexity index is 4070. The summed E-state index contributed by atoms with van der Waals surface area (Å²) < 4.78 is 41.0. The number of phenols is 2. The van der Waals surface area contributed by atoms with Crippen LogP contribution in [0.25, 0.3) is 76.5 Å². The van der Waals surface area contributed by atoms with E-state index in [9.17, 15) is 29.4 Å². The molecule has 0 aliphatic heterocycles. The Hall–Kier alpha value is -10.5. The molecule has 0 saturated carbocycles. The molecule has 94 heavy (non-hydrogen) atoms. The number of benzene rings is 10. The van der Waals surface area contributed by atoms with Crippen LogP contribution in [0.15, 0.2) is 170 Å². The van der Waals surface area contributed by atoms with Gasteiger partial charge in [0.15, 0.2) is 72.4 Å². The van der Waals surface area contributed by atoms with Crippen molar-refractivity contribution in [2.75, 3.05) is 78.8 Å². The lowest BCUT2D eigenvalue weighted by atomic mass is 9.84. The van der Waals surface area contributed by atoms with Gasteiger partial charge in [0.05, 0.1) is 0 Å². The SMILES string of the molecule is CCN(CC)C(=O)COc1c(OCc2ccccc2)cc2ccccc2c1-c1c(OCC(=O)N(CC)CC)c(O)c(-c2c(O)c(OCC(=O)N(CC)CC)c(-c3c(OCC(=O)N(CC)CC)c(OCc4ccccc4)cc4ccccc34)c3ccccc23)c2ccccc12. The summed E-state index contributed by atoms with van der Waals surface area (Å²) in [5.74, 6) is -1.53. The second-order valence-electron chi connectivity index (χ2n) is 22.5. The molecule has 0 aromatic heterocycles. The molecule has 0 bridgehead atoms. The van der Waals surface area contributed by atoms with E-state index in [2.05, 4.69) is 0 Å². The standard InChI is InChI=1S/C78H82N4O12/c1-9-79(10-2)63(83)47-91-75-61(89-45-51-31-19-17-20-32-51)43-53-35-23-25-37-55(53)69(75)71-59-41-29-27-39-57(59)67(73(87)77(71)93-49-65(85)81(13-5)14-6)68-58-40-28-30-42-60(58)72(78(74(68)88)94-50-66(86)82(15-7)16-8)70-56-38-26-24-36-54(56)44-62(90-46-52-33-21-18-22-34-52)76(70)92-48-64(84)80(11-3)12-4/h17-44,87-88H,9-16,45-50H2,1-8H3. The molecule has 16 heteroatoms. The predicted molar refractivity (Wildman–Crippen MR) is 371 cm³/mol. The number of aromatic hydroxyl groups is 2. The molecule has 0 unspecified atom stereocenters. The molecule has 4 amide bonds. The second kappa shape index (κ2) is 30.8. The average Bonchev–Trinajstić information content (AvgIpc) is 0.715. The summed E-state index contributed by atoms with van der Waals surface area (Å²) >= 11 is 0. The smallest absolute Gasteiger partial charge is 0.260 e. The van der Waals surface area contributed by atoms with Crippen molar-refractivity contribution < 1.29 is 57.8 Å². The van der Waals surface area contributed by atoms with E-state index in [1.165, 1.54) is 0 Å². The number of ether oxygens (including phenoxy) is 6. The molecule has 0 radical (unpaired) electrons. The Balaban J connectivity index is 1.33. The monoisotopic (exact) mass is 1270 g/mol. The average molecular weight is 1270 g/mol. The van der Waals surface area contributed by atoms with Crippen LogP contribution in [-0.4, -0.2) is 132 Å². The van der Waals surface area contributed by atoms with Gasteiger partial charge < -0.3 is 58.2 Å². The van der Waals surface area contributed by atoms with E-state index in [1.54, 1.807) is 19.6 Å². The molecule has 10 aromatic carbocycles. The van der Waals surface area contributed by atoms with Crippen LogP contribution in [0.3, 0.4) is 0 Å². The highest BCUT2D eigenvalue weighted by Gasteiger charge is 2.35. The van der Waals surface area contributed by atoms with Gasteiger partial charge in [-0.2, -0.15) is 0 Å². The Kier molecular flexibility index (Phi) is 21.7. The van der Waals surface area contributed by atoms with Crippen LogP contribution in [0.4, 0.5) is 0 Å². The largest absolute Gasteiger partial charge is 0.504 e. The molecule has 0 spiro atoms. The zero-order valence-electron chi connectivity index (χ0n) is 54.8. The second-order valence-corrected chi connectivity index (χ2v) is 22.5. The van der Waals surface area contributed by atoms with Crippen molar-refractivity contribution in [1.29, 1.82) is 0 Å². The third-order valence-electron chi connectivity index (χ3n) is 17.3. The fourth-order valence-corrected chi connectivity index (χ4v) is 12.4. The van der Waals surface area contributed by atoms with Crippen molar-refractivity contribution in [3.05, 3.63) is 181 Å². The maximum atomic E-state index is 14.4. The fourth-order valence-electron chi connectivity index (χ4n) is 12.4. The number of rotatable bonds is 29. The van der Waals surface area contributed by atoms with Gasteiger partial charge in [-0.05, 0) is 122 Å². The number of nitrogens with zero attached hydrogens (tertiary/aromatic N) is 4. The number of hydrogen-bond donors (Lipinski definition) is 2. The van der Waals surface area contributed by atoms with E-state index in [1.807, 2.05) is 225 Å². The summed E-state index contributed by atoms with van der Waals surface area (Å²) in [6.45, 7) is 16.8. The summed E-state index contributed by atoms with van der Waals surface area (Å²) in [4.78, 5) is 63.6. The van der Waals surface area contributed by atoms with Gasteiger partial charge in [-0.1, -0.05) is 158 Å². The Morgan fingerprint density at radius 3 is 0.840 bits per heavy atom. The van der Waals surface area contributed by atoms with Gasteiger partial charge in [0, 0.05) is 85.7 Å². The van der Waals surface area contributed by atoms with E-state index in [-0.39, 0.29) is 84.2 Å². The van der Waals surface area contributed by atoms with Gasteiger partial charge in [0.1, 0.15) is 13.2 Å². The van der Waals surface area contributed by atoms with E-state index in [4.69, 9.17) is 28.4 Å². The molecule has 0 aliphatic rings. The maximum absolute atomic E-state index is 14.4. The third kappa shape index (κ3) is 13.8. The van der Waals surface area contributed by atoms with Crippen LogP contribution in [0.2, 0.25) is 0 Å². The van der Waals surface area contributed by atoms with Gasteiger partial charge in [-0.3, -0.25) is 19.2 Å². The lowest BCUT2D eigenvalue weighted by molar-refractivity contribution is -0.133. The molecule has 0 saturated heterocycles. The molecule has 0 heterocycles. The highest BCUT2D eigenvalue weighted by atomic mass is 16.5. The highest BCUT2D eigenvalue weighted by Crippen LogP contribution is 2.61. The van der Waals surface area contributed by atoms with Gasteiger partial charge in [-0.15, -0.1) is 0 Å². The summed E-state index contributed by atoms with van der Waals surface area (Å²) in [7, 11) is 0. The van der Waals surface area contributed by atoms with Crippen molar-refractivity contribution in [3.63, 3.8) is 0 Å². The first kappa shape index (κ1) is 66.4. The molecule has 16 nitrogen and oxygen atoms in total. The minimum Gasteiger partial charge on any atom is -0.504 e. The molecule has 0 aliphatic carbocycles. The number of fused-ring (bicyclic) bond motifs is 4. The van der Waals surface area contributed by atoms with Crippen molar-refractivity contribution in [2.45, 2.75) is 68.6 Å². The van der Waals surface area contributed by atoms with Crippen LogP contribution in [0.5, 0.6) is 46.0 Å². The molecule has 0 fully saturated rings. The first-order valence-electron chi connectivity index (χ1n) is 32.5. The van der Waals surface area contributed by atoms with E-state index in [0.29, 0.717) is 118 Å². The molecule has 2 N–H and O–H groups in total. The van der Waals surface area contributed by atoms with Crippen LogP contribution >= 0.6 is 0 Å². The normalized spacial score (nSPS) is 11.2. The van der Waals surface area contributed by atoms with Crippen LogP contribution in [-0.2, 0) is 32.4 Å². The first-order chi connectivity index (χ1) is 45.8. The minimum absolute atomic E-state index is 0.0934. The first-order valence-corrected chi connectivity index (χ1v) is 32.5. The van der Waals surface area contributed by atoms with E-state index in [0.717, 1.165) is 21.9 Å². The van der Waals surface area contributed by atoms with Gasteiger partial charge in [0.2, 0.25) is 0 Å². The zero-order valence-corrected chi connectivity index (χ0v) is 54.8. The number of carbonyl (C=O) groups is 4. The number of carbonyl (C=O) groups excluding carboxylic acids is 4. The quantitative estimate of drug-likeness (QED) is 0.0454. The van der Waals surface area contributed by atoms with Crippen LogP contribution < -0.4 is 28.4 Å². The molecule has 10 rings (SSSR count). The van der Waals surface area contributed by atoms with Crippen molar-refractivity contribution >= 4 is 66.7 Å². The minimum atomic E-state index is -0.526. The number of likely N-dealkylation sites (N-methyl/N-ethyl adjacent to an activating group) is 4. The predicted octanol–water partition coefficient (Wildman–Crippen LogP) is 14.9. The highest BCUT2D eigenvalue weighted by molar-refractivity contribution is 6.22. The van der Waals surface area contributed by atoms with Gasteiger partial charge >= 0.3 is 0 Å². The van der Waals surface area contributed by atoms with E-state index >= 15 is 0 Å². The Labute approximate surface area is 549 Å². The summed E-state index contributed by atoms with van der Waals surface area (Å²) in [6, 6.07) is 53.1. The molecular weight excluding hydrogens is 1180 g/mol. The van der Waals surface area contributed by atoms with Gasteiger partial charge in [0.25, 0.3) is 23.6 Å². The Morgan fingerprint density at radius 1 is 0.298 bits per heavy atom. The lowest BCUT2D eigenvalue weighted by Crippen LogP contribution is -2.34. The number of amides is 4.